The van der Waals surface area contributed by atoms with Crippen LogP contribution < -0.4 is 4.90 Å². The zero-order chi connectivity index (χ0) is 13.4. The van der Waals surface area contributed by atoms with Gasteiger partial charge in [0.1, 0.15) is 6.17 Å². The molecule has 2 aromatic rings. The van der Waals surface area contributed by atoms with E-state index in [4.69, 9.17) is 0 Å². The van der Waals surface area contributed by atoms with Gasteiger partial charge in [0.2, 0.25) is 0 Å². The summed E-state index contributed by atoms with van der Waals surface area (Å²) in [5.41, 5.74) is 3.57. The fourth-order valence-corrected chi connectivity index (χ4v) is 2.73. The van der Waals surface area contributed by atoms with Crippen LogP contribution in [0.4, 0.5) is 10.1 Å². The summed E-state index contributed by atoms with van der Waals surface area (Å²) in [6, 6.07) is 4.25. The molecule has 0 saturated carbocycles. The highest BCUT2D eigenvalue weighted by atomic mass is 19.1. The van der Waals surface area contributed by atoms with Crippen molar-refractivity contribution in [3.8, 4) is 0 Å². The van der Waals surface area contributed by atoms with Gasteiger partial charge in [-0.15, -0.1) is 0 Å². The Morgan fingerprint density at radius 1 is 1.26 bits per heavy atom. The van der Waals surface area contributed by atoms with E-state index < -0.39 is 6.17 Å². The Morgan fingerprint density at radius 2 is 2.00 bits per heavy atom. The fourth-order valence-electron chi connectivity index (χ4n) is 2.73. The smallest absolute Gasteiger partial charge is 0.103 e. The van der Waals surface area contributed by atoms with Crippen LogP contribution in [0.3, 0.4) is 0 Å². The maximum absolute atomic E-state index is 13.2. The van der Waals surface area contributed by atoms with Gasteiger partial charge in [-0.1, -0.05) is 13.8 Å². The van der Waals surface area contributed by atoms with Crippen molar-refractivity contribution < 1.29 is 4.39 Å². The average molecular weight is 261 g/mol. The minimum Gasteiger partial charge on any atom is -0.370 e. The van der Waals surface area contributed by atoms with Crippen molar-refractivity contribution in [2.45, 2.75) is 38.8 Å². The Hall–Kier alpha value is -1.58. The number of aromatic nitrogens is 2. The number of hydrogen-bond acceptors (Lipinski definition) is 2. The lowest BCUT2D eigenvalue weighted by Gasteiger charge is -2.30. The molecule has 0 bridgehead atoms. The molecule has 0 radical (unpaired) electrons. The highest BCUT2D eigenvalue weighted by Crippen LogP contribution is 2.25. The molecular formula is C15H20FN3. The average Bonchev–Trinajstić information content (AvgIpc) is 2.82. The number of halogens is 1. The minimum atomic E-state index is -0.628. The number of pyridine rings is 1. The largest absolute Gasteiger partial charge is 0.370 e. The third-order valence-electron chi connectivity index (χ3n) is 3.94. The lowest BCUT2D eigenvalue weighted by Crippen LogP contribution is -2.34. The molecule has 19 heavy (non-hydrogen) atoms. The SMILES string of the molecule is CC(C)c1cnn2cc(N3CCC(F)CC3)ccc12. The lowest BCUT2D eigenvalue weighted by molar-refractivity contribution is 0.277. The molecule has 0 aliphatic carbocycles. The normalized spacial score (nSPS) is 17.6. The molecule has 0 spiro atoms. The Kier molecular flexibility index (Phi) is 3.17. The summed E-state index contributed by atoms with van der Waals surface area (Å²) in [5.74, 6) is 0.477. The highest BCUT2D eigenvalue weighted by Gasteiger charge is 2.19. The van der Waals surface area contributed by atoms with Gasteiger partial charge in [0.15, 0.2) is 0 Å². The van der Waals surface area contributed by atoms with Gasteiger partial charge >= 0.3 is 0 Å². The monoisotopic (exact) mass is 261 g/mol. The molecule has 0 aromatic carbocycles. The number of fused-ring (bicyclic) bond motifs is 1. The first-order chi connectivity index (χ1) is 9.15. The van der Waals surface area contributed by atoms with E-state index in [2.05, 4.69) is 42.2 Å². The van der Waals surface area contributed by atoms with Crippen LogP contribution in [0, 0.1) is 0 Å². The molecule has 2 aromatic heterocycles. The topological polar surface area (TPSA) is 20.5 Å². The molecule has 102 valence electrons. The van der Waals surface area contributed by atoms with Crippen molar-refractivity contribution in [2.75, 3.05) is 18.0 Å². The fraction of sp³-hybridized carbons (Fsp3) is 0.533. The van der Waals surface area contributed by atoms with E-state index in [1.165, 1.54) is 11.1 Å². The van der Waals surface area contributed by atoms with E-state index in [1.54, 1.807) is 0 Å². The molecule has 3 rings (SSSR count). The first kappa shape index (κ1) is 12.5. The van der Waals surface area contributed by atoms with Crippen molar-refractivity contribution in [3.05, 3.63) is 30.1 Å². The Bertz CT molecular complexity index is 568. The standard InChI is InChI=1S/C15H20FN3/c1-11(2)14-9-17-19-10-13(3-4-15(14)19)18-7-5-12(16)6-8-18/h3-4,9-12H,5-8H2,1-2H3. The Morgan fingerprint density at radius 3 is 2.68 bits per heavy atom. The van der Waals surface area contributed by atoms with E-state index >= 15 is 0 Å². The van der Waals surface area contributed by atoms with Crippen LogP contribution in [-0.2, 0) is 0 Å². The summed E-state index contributed by atoms with van der Waals surface area (Å²) in [5, 5.41) is 4.43. The molecule has 1 aliphatic rings. The van der Waals surface area contributed by atoms with Crippen LogP contribution in [0.2, 0.25) is 0 Å². The van der Waals surface area contributed by atoms with Crippen molar-refractivity contribution in [3.63, 3.8) is 0 Å². The summed E-state index contributed by atoms with van der Waals surface area (Å²) in [4.78, 5) is 2.24. The summed E-state index contributed by atoms with van der Waals surface area (Å²) in [7, 11) is 0. The van der Waals surface area contributed by atoms with E-state index in [9.17, 15) is 4.39 Å². The van der Waals surface area contributed by atoms with Gasteiger partial charge in [-0.2, -0.15) is 5.10 Å². The number of nitrogens with zero attached hydrogens (tertiary/aromatic N) is 3. The van der Waals surface area contributed by atoms with Crippen LogP contribution in [0.15, 0.2) is 24.5 Å². The van der Waals surface area contributed by atoms with E-state index in [-0.39, 0.29) is 0 Å². The molecule has 0 unspecified atom stereocenters. The zero-order valence-corrected chi connectivity index (χ0v) is 11.5. The van der Waals surface area contributed by atoms with Gasteiger partial charge in [0, 0.05) is 18.7 Å². The third kappa shape index (κ3) is 2.31. The van der Waals surface area contributed by atoms with Gasteiger partial charge in [0.25, 0.3) is 0 Å². The van der Waals surface area contributed by atoms with E-state index in [1.807, 2.05) is 10.7 Å². The molecule has 3 heterocycles. The Balaban J connectivity index is 1.90. The number of hydrogen-bond donors (Lipinski definition) is 0. The van der Waals surface area contributed by atoms with Crippen LogP contribution in [-0.4, -0.2) is 28.9 Å². The van der Waals surface area contributed by atoms with Crippen molar-refractivity contribution in [2.24, 2.45) is 0 Å². The van der Waals surface area contributed by atoms with Crippen molar-refractivity contribution in [1.29, 1.82) is 0 Å². The van der Waals surface area contributed by atoms with Gasteiger partial charge in [-0.05, 0) is 30.9 Å². The quantitative estimate of drug-likeness (QED) is 0.826. The van der Waals surface area contributed by atoms with Crippen LogP contribution in [0.5, 0.6) is 0 Å². The second kappa shape index (κ2) is 4.83. The first-order valence-electron chi connectivity index (χ1n) is 7.01. The molecule has 1 saturated heterocycles. The second-order valence-corrected chi connectivity index (χ2v) is 5.63. The maximum Gasteiger partial charge on any atom is 0.103 e. The van der Waals surface area contributed by atoms with Crippen LogP contribution in [0.1, 0.15) is 38.2 Å². The summed E-state index contributed by atoms with van der Waals surface area (Å²) in [6.07, 6.45) is 4.64. The highest BCUT2D eigenvalue weighted by molar-refractivity contribution is 5.60. The molecule has 1 fully saturated rings. The summed E-state index contributed by atoms with van der Waals surface area (Å²) >= 11 is 0. The molecular weight excluding hydrogens is 241 g/mol. The predicted octanol–water partition coefficient (Wildman–Crippen LogP) is 3.40. The Labute approximate surface area is 113 Å². The summed E-state index contributed by atoms with van der Waals surface area (Å²) in [6.45, 7) is 5.95. The van der Waals surface area contributed by atoms with E-state index in [0.717, 1.165) is 18.8 Å². The van der Waals surface area contributed by atoms with Gasteiger partial charge in [-0.25, -0.2) is 8.91 Å². The number of rotatable bonds is 2. The number of piperidine rings is 1. The molecule has 1 aliphatic heterocycles. The molecule has 0 N–H and O–H groups in total. The summed E-state index contributed by atoms with van der Waals surface area (Å²) < 4.78 is 15.1. The number of alkyl halides is 1. The van der Waals surface area contributed by atoms with Gasteiger partial charge in [-0.3, -0.25) is 0 Å². The molecule has 0 atom stereocenters. The van der Waals surface area contributed by atoms with Crippen molar-refractivity contribution >= 4 is 11.2 Å². The second-order valence-electron chi connectivity index (χ2n) is 5.63. The third-order valence-corrected chi connectivity index (χ3v) is 3.94. The van der Waals surface area contributed by atoms with Crippen molar-refractivity contribution in [1.82, 2.24) is 9.61 Å². The molecule has 3 nitrogen and oxygen atoms in total. The minimum absolute atomic E-state index is 0.477. The zero-order valence-electron chi connectivity index (χ0n) is 11.5. The molecule has 4 heteroatoms. The number of anilines is 1. The van der Waals surface area contributed by atoms with Crippen LogP contribution in [0.25, 0.3) is 5.52 Å². The van der Waals surface area contributed by atoms with E-state index in [0.29, 0.717) is 18.8 Å². The molecule has 0 amide bonds. The first-order valence-corrected chi connectivity index (χ1v) is 7.01. The predicted molar refractivity (Wildman–Crippen MR) is 75.6 cm³/mol. The van der Waals surface area contributed by atoms with Crippen LogP contribution >= 0.6 is 0 Å². The lowest BCUT2D eigenvalue weighted by atomic mass is 10.1. The van der Waals surface area contributed by atoms with Gasteiger partial charge in [0.05, 0.1) is 23.6 Å². The maximum atomic E-state index is 13.2. The van der Waals surface area contributed by atoms with Gasteiger partial charge < -0.3 is 4.90 Å².